The fraction of sp³-hybridized carbons (Fsp3) is 0.500. The molecule has 0 radical (unpaired) electrons. The largest absolute Gasteiger partial charge is 0.384 e. The Kier molecular flexibility index (Phi) is 2.81. The van der Waals surface area contributed by atoms with E-state index in [4.69, 9.17) is 11.1 Å². The van der Waals surface area contributed by atoms with Crippen LogP contribution in [0.1, 0.15) is 30.9 Å². The van der Waals surface area contributed by atoms with Crippen molar-refractivity contribution in [3.63, 3.8) is 0 Å². The molecule has 1 fully saturated rings. The number of amidine groups is 1. The smallest absolute Gasteiger partial charge is 0.140 e. The van der Waals surface area contributed by atoms with Gasteiger partial charge in [-0.05, 0) is 38.3 Å². The van der Waals surface area contributed by atoms with Crippen LogP contribution in [0.15, 0.2) is 12.3 Å². The zero-order chi connectivity index (χ0) is 11.7. The van der Waals surface area contributed by atoms with Crippen LogP contribution in [-0.2, 0) is 0 Å². The number of nitrogen functional groups attached to an aromatic ring is 1. The molecule has 1 atom stereocenters. The van der Waals surface area contributed by atoms with Gasteiger partial charge in [0, 0.05) is 18.8 Å². The predicted molar refractivity (Wildman–Crippen MR) is 66.0 cm³/mol. The van der Waals surface area contributed by atoms with Gasteiger partial charge in [-0.1, -0.05) is 0 Å². The molecule has 4 heteroatoms. The van der Waals surface area contributed by atoms with E-state index in [2.05, 4.69) is 16.8 Å². The highest BCUT2D eigenvalue weighted by Crippen LogP contribution is 2.27. The highest BCUT2D eigenvalue weighted by atomic mass is 15.2. The van der Waals surface area contributed by atoms with Gasteiger partial charge in [-0.3, -0.25) is 5.41 Å². The van der Waals surface area contributed by atoms with Crippen LogP contribution in [0, 0.1) is 12.3 Å². The number of aromatic nitrogens is 1. The molecule has 4 nitrogen and oxygen atoms in total. The van der Waals surface area contributed by atoms with Crippen molar-refractivity contribution in [2.24, 2.45) is 5.73 Å². The Morgan fingerprint density at radius 1 is 1.62 bits per heavy atom. The molecule has 86 valence electrons. The van der Waals surface area contributed by atoms with Crippen molar-refractivity contribution in [3.8, 4) is 0 Å². The first kappa shape index (κ1) is 10.9. The van der Waals surface area contributed by atoms with Crippen molar-refractivity contribution in [2.45, 2.75) is 32.7 Å². The summed E-state index contributed by atoms with van der Waals surface area (Å²) in [6.45, 7) is 5.18. The zero-order valence-corrected chi connectivity index (χ0v) is 9.83. The van der Waals surface area contributed by atoms with Gasteiger partial charge in [-0.25, -0.2) is 4.98 Å². The second-order valence-electron chi connectivity index (χ2n) is 4.42. The van der Waals surface area contributed by atoms with Gasteiger partial charge in [-0.15, -0.1) is 0 Å². The van der Waals surface area contributed by atoms with Crippen LogP contribution in [0.2, 0.25) is 0 Å². The second kappa shape index (κ2) is 4.12. The quantitative estimate of drug-likeness (QED) is 0.586. The van der Waals surface area contributed by atoms with E-state index in [-0.39, 0.29) is 5.84 Å². The lowest BCUT2D eigenvalue weighted by atomic mass is 10.1. The topological polar surface area (TPSA) is 66.0 Å². The molecule has 1 aromatic rings. The van der Waals surface area contributed by atoms with E-state index < -0.39 is 0 Å². The van der Waals surface area contributed by atoms with Crippen LogP contribution in [0.3, 0.4) is 0 Å². The number of nitrogens with zero attached hydrogens (tertiary/aromatic N) is 2. The Morgan fingerprint density at radius 2 is 2.38 bits per heavy atom. The summed E-state index contributed by atoms with van der Waals surface area (Å²) in [4.78, 5) is 6.65. The average Bonchev–Trinajstić information content (AvgIpc) is 2.63. The molecule has 2 heterocycles. The third kappa shape index (κ3) is 1.75. The highest BCUT2D eigenvalue weighted by Gasteiger charge is 2.25. The summed E-state index contributed by atoms with van der Waals surface area (Å²) >= 11 is 0. The molecule has 16 heavy (non-hydrogen) atoms. The van der Waals surface area contributed by atoms with Gasteiger partial charge in [-0.2, -0.15) is 0 Å². The van der Waals surface area contributed by atoms with Gasteiger partial charge >= 0.3 is 0 Å². The average molecular weight is 218 g/mol. The van der Waals surface area contributed by atoms with Crippen molar-refractivity contribution >= 4 is 11.7 Å². The molecule has 1 saturated heterocycles. The second-order valence-corrected chi connectivity index (χ2v) is 4.42. The molecule has 1 unspecified atom stereocenters. The molecule has 0 spiro atoms. The van der Waals surface area contributed by atoms with Crippen molar-refractivity contribution in [2.75, 3.05) is 11.4 Å². The summed E-state index contributed by atoms with van der Waals surface area (Å²) in [6.07, 6.45) is 4.17. The van der Waals surface area contributed by atoms with E-state index in [0.29, 0.717) is 6.04 Å². The van der Waals surface area contributed by atoms with Crippen molar-refractivity contribution in [1.29, 1.82) is 5.41 Å². The number of hydrogen-bond acceptors (Lipinski definition) is 3. The lowest BCUT2D eigenvalue weighted by Crippen LogP contribution is -2.30. The Labute approximate surface area is 96.0 Å². The maximum absolute atomic E-state index is 7.66. The van der Waals surface area contributed by atoms with Crippen LogP contribution < -0.4 is 10.6 Å². The monoisotopic (exact) mass is 218 g/mol. The summed E-state index contributed by atoms with van der Waals surface area (Å²) in [5.41, 5.74) is 7.46. The van der Waals surface area contributed by atoms with Crippen LogP contribution in [-0.4, -0.2) is 23.4 Å². The molecular formula is C12H18N4. The van der Waals surface area contributed by atoms with Gasteiger partial charge in [0.15, 0.2) is 0 Å². The van der Waals surface area contributed by atoms with Gasteiger partial charge in [0.05, 0.1) is 5.56 Å². The van der Waals surface area contributed by atoms with E-state index in [9.17, 15) is 0 Å². The fourth-order valence-corrected chi connectivity index (χ4v) is 2.34. The first-order valence-electron chi connectivity index (χ1n) is 5.68. The molecular weight excluding hydrogens is 200 g/mol. The van der Waals surface area contributed by atoms with Crippen molar-refractivity contribution < 1.29 is 0 Å². The molecule has 1 aliphatic rings. The number of rotatable bonds is 2. The zero-order valence-electron chi connectivity index (χ0n) is 9.83. The van der Waals surface area contributed by atoms with Crippen LogP contribution >= 0.6 is 0 Å². The van der Waals surface area contributed by atoms with Crippen LogP contribution in [0.4, 0.5) is 5.82 Å². The van der Waals surface area contributed by atoms with Crippen LogP contribution in [0.25, 0.3) is 0 Å². The molecule has 0 saturated carbocycles. The van der Waals surface area contributed by atoms with Gasteiger partial charge in [0.1, 0.15) is 11.7 Å². The van der Waals surface area contributed by atoms with E-state index in [1.807, 2.05) is 13.0 Å². The van der Waals surface area contributed by atoms with Gasteiger partial charge in [0.25, 0.3) is 0 Å². The highest BCUT2D eigenvalue weighted by molar-refractivity contribution is 6.01. The summed E-state index contributed by atoms with van der Waals surface area (Å²) in [6, 6.07) is 2.40. The number of aryl methyl sites for hydroxylation is 1. The lowest BCUT2D eigenvalue weighted by molar-refractivity contribution is 0.726. The molecule has 2 rings (SSSR count). The Morgan fingerprint density at radius 3 is 2.94 bits per heavy atom. The maximum Gasteiger partial charge on any atom is 0.140 e. The number of nitrogens with two attached hydrogens (primary N) is 1. The fourth-order valence-electron chi connectivity index (χ4n) is 2.34. The normalized spacial score (nSPS) is 20.1. The number of anilines is 1. The SMILES string of the molecule is Cc1ccnc(N2CCCC2C)c1C(=N)N. The molecule has 1 aliphatic heterocycles. The molecule has 0 aliphatic carbocycles. The van der Waals surface area contributed by atoms with E-state index >= 15 is 0 Å². The third-order valence-corrected chi connectivity index (χ3v) is 3.23. The van der Waals surface area contributed by atoms with E-state index in [1.165, 1.54) is 12.8 Å². The summed E-state index contributed by atoms with van der Waals surface area (Å²) in [5, 5.41) is 7.66. The number of nitrogens with one attached hydrogen (secondary N) is 1. The Balaban J connectivity index is 2.47. The van der Waals surface area contributed by atoms with E-state index in [0.717, 1.165) is 23.5 Å². The number of hydrogen-bond donors (Lipinski definition) is 2. The standard InChI is InChI=1S/C12H18N4/c1-8-5-6-15-12(10(8)11(13)14)16-7-3-4-9(16)2/h5-6,9H,3-4,7H2,1-2H3,(H3,13,14). The first-order valence-corrected chi connectivity index (χ1v) is 5.68. The first-order chi connectivity index (χ1) is 7.61. The minimum absolute atomic E-state index is 0.111. The molecule has 0 aromatic carbocycles. The Hall–Kier alpha value is -1.58. The van der Waals surface area contributed by atoms with Crippen LogP contribution in [0.5, 0.6) is 0 Å². The molecule has 1 aromatic heterocycles. The summed E-state index contributed by atoms with van der Waals surface area (Å²) < 4.78 is 0. The third-order valence-electron chi connectivity index (χ3n) is 3.23. The maximum atomic E-state index is 7.66. The summed E-state index contributed by atoms with van der Waals surface area (Å²) in [7, 11) is 0. The lowest BCUT2D eigenvalue weighted by Gasteiger charge is -2.25. The van der Waals surface area contributed by atoms with E-state index in [1.54, 1.807) is 6.20 Å². The molecule has 3 N–H and O–H groups in total. The Bertz CT molecular complexity index is 413. The van der Waals surface area contributed by atoms with Crippen molar-refractivity contribution in [1.82, 2.24) is 4.98 Å². The molecule has 0 amide bonds. The minimum atomic E-state index is 0.111. The van der Waals surface area contributed by atoms with Gasteiger partial charge in [0.2, 0.25) is 0 Å². The summed E-state index contributed by atoms with van der Waals surface area (Å²) in [5.74, 6) is 0.984. The van der Waals surface area contributed by atoms with Gasteiger partial charge < -0.3 is 10.6 Å². The van der Waals surface area contributed by atoms with Crippen molar-refractivity contribution in [3.05, 3.63) is 23.4 Å². The molecule has 0 bridgehead atoms. The number of pyridine rings is 1. The predicted octanol–water partition coefficient (Wildman–Crippen LogP) is 1.66. The minimum Gasteiger partial charge on any atom is -0.384 e.